The van der Waals surface area contributed by atoms with Crippen LogP contribution < -0.4 is 0 Å². The fraction of sp³-hybridized carbons (Fsp3) is 0.500. The summed E-state index contributed by atoms with van der Waals surface area (Å²) in [5.74, 6) is -0.285. The maximum Gasteiger partial charge on any atom is 0.233 e. The van der Waals surface area contributed by atoms with Crippen LogP contribution in [0.1, 0.15) is 24.8 Å². The Bertz CT molecular complexity index is 494. The van der Waals surface area contributed by atoms with E-state index in [0.29, 0.717) is 19.4 Å². The number of ether oxygens (including phenoxy) is 1. The van der Waals surface area contributed by atoms with E-state index in [1.54, 1.807) is 0 Å². The SMILES string of the molecule is O=C1C[C@H](Cc2ccccc2)C(=O)N1C[C@H]1CCCO1. The van der Waals surface area contributed by atoms with E-state index in [1.165, 1.54) is 4.90 Å². The third-order valence-corrected chi connectivity index (χ3v) is 4.07. The Balaban J connectivity index is 1.64. The summed E-state index contributed by atoms with van der Waals surface area (Å²) in [6.45, 7) is 1.18. The first-order chi connectivity index (χ1) is 9.74. The van der Waals surface area contributed by atoms with Crippen molar-refractivity contribution >= 4 is 11.8 Å². The highest BCUT2D eigenvalue weighted by molar-refractivity contribution is 6.03. The van der Waals surface area contributed by atoms with Gasteiger partial charge in [0.2, 0.25) is 11.8 Å². The van der Waals surface area contributed by atoms with E-state index in [1.807, 2.05) is 30.3 Å². The van der Waals surface area contributed by atoms with Crippen LogP contribution in [0.5, 0.6) is 0 Å². The number of nitrogens with zero attached hydrogens (tertiary/aromatic N) is 1. The number of benzene rings is 1. The van der Waals surface area contributed by atoms with Gasteiger partial charge in [-0.3, -0.25) is 14.5 Å². The molecule has 4 heteroatoms. The van der Waals surface area contributed by atoms with Crippen molar-refractivity contribution in [3.8, 4) is 0 Å². The summed E-state index contributed by atoms with van der Waals surface area (Å²) >= 11 is 0. The molecule has 0 spiro atoms. The number of carbonyl (C=O) groups excluding carboxylic acids is 2. The van der Waals surface area contributed by atoms with Gasteiger partial charge in [0.15, 0.2) is 0 Å². The van der Waals surface area contributed by atoms with Crippen LogP contribution in [0.25, 0.3) is 0 Å². The third kappa shape index (κ3) is 2.75. The van der Waals surface area contributed by atoms with Gasteiger partial charge in [-0.1, -0.05) is 30.3 Å². The molecule has 4 nitrogen and oxygen atoms in total. The predicted molar refractivity (Wildman–Crippen MR) is 73.9 cm³/mol. The van der Waals surface area contributed by atoms with Gasteiger partial charge in [0.1, 0.15) is 0 Å². The van der Waals surface area contributed by atoms with Crippen LogP contribution >= 0.6 is 0 Å². The molecule has 0 N–H and O–H groups in total. The Morgan fingerprint density at radius 3 is 2.70 bits per heavy atom. The van der Waals surface area contributed by atoms with Gasteiger partial charge >= 0.3 is 0 Å². The van der Waals surface area contributed by atoms with Crippen molar-refractivity contribution < 1.29 is 14.3 Å². The summed E-state index contributed by atoms with van der Waals surface area (Å²) in [6, 6.07) is 9.87. The normalized spacial score (nSPS) is 26.5. The number of hydrogen-bond donors (Lipinski definition) is 0. The highest BCUT2D eigenvalue weighted by Crippen LogP contribution is 2.25. The van der Waals surface area contributed by atoms with Gasteiger partial charge in [0.05, 0.1) is 18.6 Å². The molecule has 0 bridgehead atoms. The summed E-state index contributed by atoms with van der Waals surface area (Å²) in [6.07, 6.45) is 2.99. The minimum atomic E-state index is -0.202. The molecule has 2 atom stereocenters. The molecular weight excluding hydrogens is 254 g/mol. The molecule has 2 aliphatic rings. The van der Waals surface area contributed by atoms with E-state index >= 15 is 0 Å². The van der Waals surface area contributed by atoms with Crippen molar-refractivity contribution in [3.05, 3.63) is 35.9 Å². The zero-order valence-electron chi connectivity index (χ0n) is 11.5. The molecule has 2 aliphatic heterocycles. The summed E-state index contributed by atoms with van der Waals surface area (Å²) in [5.41, 5.74) is 1.11. The van der Waals surface area contributed by atoms with Gasteiger partial charge in [0, 0.05) is 13.0 Å². The van der Waals surface area contributed by atoms with Crippen LogP contribution in [-0.4, -0.2) is 36.0 Å². The average Bonchev–Trinajstić information content (AvgIpc) is 3.05. The van der Waals surface area contributed by atoms with Crippen molar-refractivity contribution in [2.24, 2.45) is 5.92 Å². The maximum absolute atomic E-state index is 12.4. The molecule has 2 saturated heterocycles. The van der Waals surface area contributed by atoms with E-state index < -0.39 is 0 Å². The highest BCUT2D eigenvalue weighted by atomic mass is 16.5. The molecule has 2 heterocycles. The number of carbonyl (C=O) groups is 2. The summed E-state index contributed by atoms with van der Waals surface area (Å²) in [4.78, 5) is 25.8. The van der Waals surface area contributed by atoms with Gasteiger partial charge in [0.25, 0.3) is 0 Å². The Labute approximate surface area is 118 Å². The molecule has 0 saturated carbocycles. The van der Waals surface area contributed by atoms with Gasteiger partial charge in [-0.25, -0.2) is 0 Å². The molecule has 1 aromatic rings. The quantitative estimate of drug-likeness (QED) is 0.786. The first-order valence-corrected chi connectivity index (χ1v) is 7.24. The van der Waals surface area contributed by atoms with Crippen LogP contribution in [0.3, 0.4) is 0 Å². The third-order valence-electron chi connectivity index (χ3n) is 4.07. The van der Waals surface area contributed by atoms with E-state index in [4.69, 9.17) is 4.74 Å². The van der Waals surface area contributed by atoms with E-state index in [0.717, 1.165) is 25.0 Å². The largest absolute Gasteiger partial charge is 0.376 e. The van der Waals surface area contributed by atoms with Gasteiger partial charge < -0.3 is 4.74 Å². The topological polar surface area (TPSA) is 46.6 Å². The van der Waals surface area contributed by atoms with E-state index in [-0.39, 0.29) is 23.8 Å². The second-order valence-electron chi connectivity index (χ2n) is 5.57. The van der Waals surface area contributed by atoms with Crippen molar-refractivity contribution in [1.82, 2.24) is 4.90 Å². The van der Waals surface area contributed by atoms with Crippen molar-refractivity contribution in [2.45, 2.75) is 31.8 Å². The lowest BCUT2D eigenvalue weighted by Gasteiger charge is -2.18. The highest BCUT2D eigenvalue weighted by Gasteiger charge is 2.39. The Morgan fingerprint density at radius 2 is 2.00 bits per heavy atom. The van der Waals surface area contributed by atoms with E-state index in [9.17, 15) is 9.59 Å². The molecule has 2 amide bonds. The fourth-order valence-electron chi connectivity index (χ4n) is 2.99. The molecule has 0 aliphatic carbocycles. The van der Waals surface area contributed by atoms with Gasteiger partial charge in [-0.15, -0.1) is 0 Å². The minimum Gasteiger partial charge on any atom is -0.376 e. The van der Waals surface area contributed by atoms with Crippen molar-refractivity contribution in [3.63, 3.8) is 0 Å². The first kappa shape index (κ1) is 13.3. The smallest absolute Gasteiger partial charge is 0.233 e. The van der Waals surface area contributed by atoms with Crippen LogP contribution in [0.4, 0.5) is 0 Å². The van der Waals surface area contributed by atoms with Crippen LogP contribution in [0.2, 0.25) is 0 Å². The van der Waals surface area contributed by atoms with Gasteiger partial charge in [-0.05, 0) is 24.8 Å². The number of likely N-dealkylation sites (tertiary alicyclic amines) is 1. The number of hydrogen-bond acceptors (Lipinski definition) is 3. The first-order valence-electron chi connectivity index (χ1n) is 7.24. The fourth-order valence-corrected chi connectivity index (χ4v) is 2.99. The number of imide groups is 1. The second kappa shape index (κ2) is 5.75. The molecule has 2 fully saturated rings. The summed E-state index contributed by atoms with van der Waals surface area (Å²) in [7, 11) is 0. The lowest BCUT2D eigenvalue weighted by molar-refractivity contribution is -0.141. The zero-order valence-corrected chi connectivity index (χ0v) is 11.5. The zero-order chi connectivity index (χ0) is 13.9. The number of amides is 2. The standard InChI is InChI=1S/C16H19NO3/c18-15-10-13(9-12-5-2-1-3-6-12)16(19)17(15)11-14-7-4-8-20-14/h1-3,5-6,13-14H,4,7-11H2/t13-,14+/m0/s1. The lowest BCUT2D eigenvalue weighted by Crippen LogP contribution is -2.37. The molecule has 0 radical (unpaired) electrons. The summed E-state index contributed by atoms with van der Waals surface area (Å²) in [5, 5.41) is 0. The monoisotopic (exact) mass is 273 g/mol. The predicted octanol–water partition coefficient (Wildman–Crippen LogP) is 1.78. The maximum atomic E-state index is 12.4. The molecule has 106 valence electrons. The lowest BCUT2D eigenvalue weighted by atomic mass is 9.98. The molecular formula is C16H19NO3. The summed E-state index contributed by atoms with van der Waals surface area (Å²) < 4.78 is 5.52. The Hall–Kier alpha value is -1.68. The molecule has 20 heavy (non-hydrogen) atoms. The van der Waals surface area contributed by atoms with Crippen LogP contribution in [0.15, 0.2) is 30.3 Å². The Kier molecular flexibility index (Phi) is 3.83. The van der Waals surface area contributed by atoms with Crippen molar-refractivity contribution in [2.75, 3.05) is 13.2 Å². The average molecular weight is 273 g/mol. The van der Waals surface area contributed by atoms with Crippen LogP contribution in [-0.2, 0) is 20.7 Å². The van der Waals surface area contributed by atoms with Crippen molar-refractivity contribution in [1.29, 1.82) is 0 Å². The second-order valence-corrected chi connectivity index (χ2v) is 5.57. The van der Waals surface area contributed by atoms with Gasteiger partial charge in [-0.2, -0.15) is 0 Å². The number of rotatable bonds is 4. The Morgan fingerprint density at radius 1 is 1.20 bits per heavy atom. The molecule has 1 aromatic carbocycles. The molecule has 0 unspecified atom stereocenters. The minimum absolute atomic E-state index is 0.0330. The molecule has 3 rings (SSSR count). The van der Waals surface area contributed by atoms with Crippen LogP contribution in [0, 0.1) is 5.92 Å². The van der Waals surface area contributed by atoms with E-state index in [2.05, 4.69) is 0 Å². The molecule has 0 aromatic heterocycles.